The molecule has 1 aromatic heterocycles. The van der Waals surface area contributed by atoms with Crippen LogP contribution in [0.2, 0.25) is 0 Å². The molecule has 2 aliphatic rings. The Kier molecular flexibility index (Phi) is 2.92. The summed E-state index contributed by atoms with van der Waals surface area (Å²) in [4.78, 5) is 8.70. The molecule has 1 aromatic carbocycles. The molecule has 3 heterocycles. The molecule has 0 radical (unpaired) electrons. The van der Waals surface area contributed by atoms with Crippen LogP contribution in [0.4, 0.5) is 0 Å². The molecule has 0 fully saturated rings. The van der Waals surface area contributed by atoms with Crippen LogP contribution in [0.1, 0.15) is 16.7 Å². The monoisotopic (exact) mass is 277 g/mol. The van der Waals surface area contributed by atoms with E-state index < -0.39 is 0 Å². The Morgan fingerprint density at radius 1 is 1.14 bits per heavy atom. The van der Waals surface area contributed by atoms with Gasteiger partial charge < -0.3 is 10.1 Å². The summed E-state index contributed by atoms with van der Waals surface area (Å²) < 4.78 is 5.74. The van der Waals surface area contributed by atoms with Crippen LogP contribution in [-0.2, 0) is 0 Å². The van der Waals surface area contributed by atoms with E-state index in [9.17, 15) is 0 Å². The van der Waals surface area contributed by atoms with Crippen molar-refractivity contribution in [1.82, 2.24) is 10.3 Å². The van der Waals surface area contributed by atoms with E-state index >= 15 is 0 Å². The minimum absolute atomic E-state index is 0.593. The number of nitrogens with zero attached hydrogens (tertiary/aromatic N) is 2. The molecule has 0 bridgehead atoms. The van der Waals surface area contributed by atoms with Gasteiger partial charge in [-0.2, -0.15) is 0 Å². The highest BCUT2D eigenvalue weighted by Gasteiger charge is 2.18. The smallest absolute Gasteiger partial charge is 0.128 e. The molecule has 0 amide bonds. The summed E-state index contributed by atoms with van der Waals surface area (Å²) >= 11 is 0. The number of aliphatic imine (C=N–C) groups is 1. The first-order valence-corrected chi connectivity index (χ1v) is 7.08. The van der Waals surface area contributed by atoms with Crippen LogP contribution in [0, 0.1) is 0 Å². The number of aromatic nitrogens is 1. The Morgan fingerprint density at radius 3 is 2.95 bits per heavy atom. The molecule has 0 spiro atoms. The van der Waals surface area contributed by atoms with E-state index in [1.165, 1.54) is 5.57 Å². The molecular formula is C17H15N3O. The quantitative estimate of drug-likeness (QED) is 0.916. The van der Waals surface area contributed by atoms with E-state index in [2.05, 4.69) is 39.6 Å². The first kappa shape index (κ1) is 12.1. The first-order chi connectivity index (χ1) is 10.4. The molecule has 4 heteroatoms. The molecule has 0 aliphatic carbocycles. The molecular weight excluding hydrogens is 262 g/mol. The van der Waals surface area contributed by atoms with Gasteiger partial charge in [-0.3, -0.25) is 9.98 Å². The number of hydrogen-bond donors (Lipinski definition) is 1. The fourth-order valence-corrected chi connectivity index (χ4v) is 2.73. The molecule has 0 saturated carbocycles. The van der Waals surface area contributed by atoms with E-state index in [1.807, 2.05) is 18.3 Å². The van der Waals surface area contributed by atoms with Crippen LogP contribution in [0.5, 0.6) is 5.75 Å². The Balaban J connectivity index is 1.80. The van der Waals surface area contributed by atoms with Crippen LogP contribution < -0.4 is 10.1 Å². The number of rotatable bonds is 2. The summed E-state index contributed by atoms with van der Waals surface area (Å²) in [7, 11) is 0. The highest BCUT2D eigenvalue weighted by atomic mass is 16.5. The highest BCUT2D eigenvalue weighted by molar-refractivity contribution is 6.01. The number of fused-ring (bicyclic) bond motifs is 1. The van der Waals surface area contributed by atoms with Crippen molar-refractivity contribution >= 4 is 11.4 Å². The van der Waals surface area contributed by atoms with Gasteiger partial charge in [-0.1, -0.05) is 6.07 Å². The average Bonchev–Trinajstić information content (AvgIpc) is 3.09. The van der Waals surface area contributed by atoms with E-state index in [1.54, 1.807) is 6.20 Å². The number of benzene rings is 1. The minimum Gasteiger partial charge on any atom is -0.489 e. The van der Waals surface area contributed by atoms with Gasteiger partial charge in [-0.05, 0) is 35.9 Å². The van der Waals surface area contributed by atoms with Gasteiger partial charge in [-0.15, -0.1) is 0 Å². The Bertz CT molecular complexity index is 735. The number of hydrogen-bond acceptors (Lipinski definition) is 4. The zero-order valence-electron chi connectivity index (χ0n) is 11.5. The van der Waals surface area contributed by atoms with Gasteiger partial charge in [0.25, 0.3) is 0 Å². The standard InChI is InChI=1S/C17H15N3O/c1-2-13(11-18-6-1)14-5-9-21-16-4-3-12(10-15(14)16)17-19-7-8-20-17/h1-6,10-11H,7-9H2,(H,19,20). The summed E-state index contributed by atoms with van der Waals surface area (Å²) in [5.41, 5.74) is 4.49. The molecule has 21 heavy (non-hydrogen) atoms. The van der Waals surface area contributed by atoms with Crippen LogP contribution in [0.15, 0.2) is 53.8 Å². The summed E-state index contributed by atoms with van der Waals surface area (Å²) in [6.07, 6.45) is 5.78. The van der Waals surface area contributed by atoms with Crippen molar-refractivity contribution < 1.29 is 4.74 Å². The zero-order valence-corrected chi connectivity index (χ0v) is 11.5. The summed E-state index contributed by atoms with van der Waals surface area (Å²) in [5.74, 6) is 1.88. The molecule has 4 nitrogen and oxygen atoms in total. The second-order valence-electron chi connectivity index (χ2n) is 5.04. The number of pyridine rings is 1. The number of ether oxygens (including phenoxy) is 1. The van der Waals surface area contributed by atoms with E-state index in [4.69, 9.17) is 4.74 Å². The normalized spacial score (nSPS) is 16.4. The summed E-state index contributed by atoms with van der Waals surface area (Å²) in [6, 6.07) is 10.3. The Hall–Kier alpha value is -2.62. The van der Waals surface area contributed by atoms with Crippen molar-refractivity contribution in [2.24, 2.45) is 4.99 Å². The average molecular weight is 277 g/mol. The van der Waals surface area contributed by atoms with Gasteiger partial charge in [0, 0.05) is 35.6 Å². The van der Waals surface area contributed by atoms with Gasteiger partial charge in [-0.25, -0.2) is 0 Å². The van der Waals surface area contributed by atoms with Crippen molar-refractivity contribution in [2.75, 3.05) is 19.7 Å². The lowest BCUT2D eigenvalue weighted by atomic mass is 9.95. The zero-order chi connectivity index (χ0) is 14.1. The predicted octanol–water partition coefficient (Wildman–Crippen LogP) is 2.26. The fourth-order valence-electron chi connectivity index (χ4n) is 2.73. The lowest BCUT2D eigenvalue weighted by Crippen LogP contribution is -2.19. The summed E-state index contributed by atoms with van der Waals surface area (Å²) in [6.45, 7) is 2.35. The maximum absolute atomic E-state index is 5.74. The number of amidine groups is 1. The SMILES string of the molecule is C1=C(c2cccnc2)c2cc(C3=NCCN3)ccc2OC1. The van der Waals surface area contributed by atoms with Crippen LogP contribution >= 0.6 is 0 Å². The van der Waals surface area contributed by atoms with Crippen molar-refractivity contribution in [3.8, 4) is 5.75 Å². The van der Waals surface area contributed by atoms with Gasteiger partial charge in [0.1, 0.15) is 18.2 Å². The highest BCUT2D eigenvalue weighted by Crippen LogP contribution is 2.34. The molecule has 0 unspecified atom stereocenters. The fraction of sp³-hybridized carbons (Fsp3) is 0.176. The third-order valence-corrected chi connectivity index (χ3v) is 3.72. The maximum Gasteiger partial charge on any atom is 0.128 e. The third-order valence-electron chi connectivity index (χ3n) is 3.72. The lowest BCUT2D eigenvalue weighted by molar-refractivity contribution is 0.357. The largest absolute Gasteiger partial charge is 0.489 e. The van der Waals surface area contributed by atoms with Gasteiger partial charge in [0.15, 0.2) is 0 Å². The van der Waals surface area contributed by atoms with Crippen LogP contribution in [-0.4, -0.2) is 30.5 Å². The second kappa shape index (κ2) is 5.05. The van der Waals surface area contributed by atoms with Gasteiger partial charge in [0.2, 0.25) is 0 Å². The van der Waals surface area contributed by atoms with Gasteiger partial charge >= 0.3 is 0 Å². The lowest BCUT2D eigenvalue weighted by Gasteiger charge is -2.20. The van der Waals surface area contributed by atoms with E-state index in [-0.39, 0.29) is 0 Å². The Morgan fingerprint density at radius 2 is 2.14 bits per heavy atom. The molecule has 1 N–H and O–H groups in total. The number of nitrogens with one attached hydrogen (secondary N) is 1. The predicted molar refractivity (Wildman–Crippen MR) is 82.7 cm³/mol. The molecule has 104 valence electrons. The van der Waals surface area contributed by atoms with Crippen LogP contribution in [0.25, 0.3) is 5.57 Å². The topological polar surface area (TPSA) is 46.5 Å². The van der Waals surface area contributed by atoms with Crippen molar-refractivity contribution in [3.63, 3.8) is 0 Å². The van der Waals surface area contributed by atoms with Gasteiger partial charge in [0.05, 0.1) is 6.54 Å². The third kappa shape index (κ3) is 2.18. The second-order valence-corrected chi connectivity index (χ2v) is 5.04. The first-order valence-electron chi connectivity index (χ1n) is 7.08. The molecule has 2 aliphatic heterocycles. The van der Waals surface area contributed by atoms with E-state index in [0.717, 1.165) is 41.4 Å². The molecule has 0 saturated heterocycles. The Labute approximate surface area is 123 Å². The van der Waals surface area contributed by atoms with Crippen molar-refractivity contribution in [3.05, 3.63) is 65.5 Å². The van der Waals surface area contributed by atoms with E-state index in [0.29, 0.717) is 6.61 Å². The van der Waals surface area contributed by atoms with Crippen LogP contribution in [0.3, 0.4) is 0 Å². The minimum atomic E-state index is 0.593. The molecule has 4 rings (SSSR count). The molecule has 0 atom stereocenters. The van der Waals surface area contributed by atoms with Crippen molar-refractivity contribution in [1.29, 1.82) is 0 Å². The van der Waals surface area contributed by atoms with Crippen molar-refractivity contribution in [2.45, 2.75) is 0 Å². The molecule has 2 aromatic rings. The maximum atomic E-state index is 5.74. The summed E-state index contributed by atoms with van der Waals surface area (Å²) in [5, 5.41) is 3.31.